The molecule has 0 saturated carbocycles. The van der Waals surface area contributed by atoms with Crippen molar-refractivity contribution in [1.82, 2.24) is 4.90 Å². The SMILES string of the molecule is COc1cccc([C@@]2(O)CSC3=C(C#N)[C@@H](c4ccccc4F)CC(=O)N32)c1. The minimum absolute atomic E-state index is 0.0832. The highest BCUT2D eigenvalue weighted by molar-refractivity contribution is 8.03. The first-order valence-corrected chi connectivity index (χ1v) is 9.69. The van der Waals surface area contributed by atoms with Gasteiger partial charge in [-0.05, 0) is 23.8 Å². The van der Waals surface area contributed by atoms with E-state index in [1.807, 2.05) is 0 Å². The highest BCUT2D eigenvalue weighted by Crippen LogP contribution is 2.52. The molecule has 1 fully saturated rings. The van der Waals surface area contributed by atoms with Crippen molar-refractivity contribution in [2.45, 2.75) is 18.1 Å². The molecule has 0 unspecified atom stereocenters. The molecule has 5 nitrogen and oxygen atoms in total. The number of aliphatic hydroxyl groups is 1. The number of methoxy groups -OCH3 is 1. The van der Waals surface area contributed by atoms with Crippen molar-refractivity contribution in [3.8, 4) is 11.8 Å². The van der Waals surface area contributed by atoms with Crippen LogP contribution in [0, 0.1) is 17.1 Å². The molecular formula is C21H17FN2O3S. The number of nitriles is 1. The second-order valence-electron chi connectivity index (χ2n) is 6.68. The Morgan fingerprint density at radius 3 is 2.82 bits per heavy atom. The number of thioether (sulfide) groups is 1. The van der Waals surface area contributed by atoms with Gasteiger partial charge in [-0.1, -0.05) is 30.3 Å². The molecule has 2 aromatic rings. The molecule has 1 amide bonds. The Bertz CT molecular complexity index is 1030. The van der Waals surface area contributed by atoms with E-state index in [2.05, 4.69) is 6.07 Å². The third kappa shape index (κ3) is 2.77. The number of nitrogens with zero attached hydrogens (tertiary/aromatic N) is 2. The molecule has 2 aromatic carbocycles. The molecule has 28 heavy (non-hydrogen) atoms. The first-order chi connectivity index (χ1) is 13.5. The summed E-state index contributed by atoms with van der Waals surface area (Å²) in [6.07, 6.45) is -0.0832. The molecule has 7 heteroatoms. The van der Waals surface area contributed by atoms with E-state index in [4.69, 9.17) is 4.74 Å². The van der Waals surface area contributed by atoms with Gasteiger partial charge in [-0.15, -0.1) is 11.8 Å². The van der Waals surface area contributed by atoms with Crippen molar-refractivity contribution in [2.24, 2.45) is 0 Å². The summed E-state index contributed by atoms with van der Waals surface area (Å²) < 4.78 is 19.6. The molecule has 2 aliphatic rings. The van der Waals surface area contributed by atoms with E-state index in [-0.39, 0.29) is 18.1 Å². The fourth-order valence-electron chi connectivity index (χ4n) is 3.73. The minimum Gasteiger partial charge on any atom is -0.497 e. The van der Waals surface area contributed by atoms with Crippen LogP contribution < -0.4 is 4.74 Å². The van der Waals surface area contributed by atoms with Crippen LogP contribution in [0.3, 0.4) is 0 Å². The molecule has 2 aliphatic heterocycles. The van der Waals surface area contributed by atoms with Crippen LogP contribution in [0.2, 0.25) is 0 Å². The zero-order valence-corrected chi connectivity index (χ0v) is 15.9. The molecule has 1 saturated heterocycles. The molecule has 2 heterocycles. The zero-order valence-electron chi connectivity index (χ0n) is 15.1. The molecule has 1 N–H and O–H groups in total. The van der Waals surface area contributed by atoms with E-state index in [1.54, 1.807) is 42.5 Å². The lowest BCUT2D eigenvalue weighted by atomic mass is 9.85. The van der Waals surface area contributed by atoms with Crippen LogP contribution in [0.25, 0.3) is 0 Å². The second-order valence-corrected chi connectivity index (χ2v) is 7.64. The van der Waals surface area contributed by atoms with Gasteiger partial charge >= 0.3 is 0 Å². The van der Waals surface area contributed by atoms with E-state index in [0.717, 1.165) is 0 Å². The zero-order chi connectivity index (χ0) is 19.9. The van der Waals surface area contributed by atoms with Crippen molar-refractivity contribution < 1.29 is 19.0 Å². The lowest BCUT2D eigenvalue weighted by molar-refractivity contribution is -0.149. The van der Waals surface area contributed by atoms with Crippen molar-refractivity contribution in [1.29, 1.82) is 5.26 Å². The summed E-state index contributed by atoms with van der Waals surface area (Å²) >= 11 is 1.23. The number of amides is 1. The summed E-state index contributed by atoms with van der Waals surface area (Å²) in [5, 5.41) is 21.6. The van der Waals surface area contributed by atoms with Gasteiger partial charge in [-0.25, -0.2) is 4.39 Å². The summed E-state index contributed by atoms with van der Waals surface area (Å²) in [5.74, 6) is -0.727. The van der Waals surface area contributed by atoms with Crippen molar-refractivity contribution >= 4 is 17.7 Å². The number of rotatable bonds is 3. The number of hydrogen-bond acceptors (Lipinski definition) is 5. The topological polar surface area (TPSA) is 73.6 Å². The predicted octanol–water partition coefficient (Wildman–Crippen LogP) is 3.48. The van der Waals surface area contributed by atoms with Crippen LogP contribution in [0.4, 0.5) is 4.39 Å². The highest BCUT2D eigenvalue weighted by Gasteiger charge is 2.52. The lowest BCUT2D eigenvalue weighted by Crippen LogP contribution is -2.48. The second kappa shape index (κ2) is 6.97. The highest BCUT2D eigenvalue weighted by atomic mass is 32.2. The number of fused-ring (bicyclic) bond motifs is 1. The molecule has 0 aromatic heterocycles. The third-order valence-corrected chi connectivity index (χ3v) is 6.35. The first kappa shape index (κ1) is 18.5. The summed E-state index contributed by atoms with van der Waals surface area (Å²) in [5.41, 5.74) is -0.469. The number of ether oxygens (including phenoxy) is 1. The van der Waals surface area contributed by atoms with Gasteiger partial charge in [-0.3, -0.25) is 9.69 Å². The van der Waals surface area contributed by atoms with Crippen LogP contribution in [0.1, 0.15) is 23.5 Å². The standard InChI is InChI=1S/C21H17FN2O3S/c1-27-14-6-4-5-13(9-14)21(26)12-28-20-17(11-23)16(10-19(25)24(20)21)15-7-2-3-8-18(15)22/h2-9,16,26H,10,12H2,1H3/t16-,21+/m1/s1. The summed E-state index contributed by atoms with van der Waals surface area (Å²) in [4.78, 5) is 14.3. The molecule has 0 aliphatic carbocycles. The Morgan fingerprint density at radius 2 is 2.11 bits per heavy atom. The third-order valence-electron chi connectivity index (χ3n) is 5.12. The van der Waals surface area contributed by atoms with Gasteiger partial charge in [0.25, 0.3) is 0 Å². The normalized spacial score (nSPS) is 24.1. The van der Waals surface area contributed by atoms with E-state index in [0.29, 0.717) is 27.5 Å². The largest absolute Gasteiger partial charge is 0.497 e. The molecular weight excluding hydrogens is 379 g/mol. The molecule has 4 rings (SSSR count). The van der Waals surface area contributed by atoms with E-state index in [9.17, 15) is 19.6 Å². The molecule has 0 radical (unpaired) electrons. The minimum atomic E-state index is -1.59. The van der Waals surface area contributed by atoms with Gasteiger partial charge in [0.05, 0.1) is 29.5 Å². The first-order valence-electron chi connectivity index (χ1n) is 8.71. The van der Waals surface area contributed by atoms with Crippen LogP contribution in [-0.2, 0) is 10.5 Å². The summed E-state index contributed by atoms with van der Waals surface area (Å²) in [6.45, 7) is 0. The molecule has 142 valence electrons. The van der Waals surface area contributed by atoms with Crippen LogP contribution in [0.5, 0.6) is 5.75 Å². The van der Waals surface area contributed by atoms with Crippen molar-refractivity contribution in [3.05, 3.63) is 76.1 Å². The van der Waals surface area contributed by atoms with Crippen molar-refractivity contribution in [2.75, 3.05) is 12.9 Å². The van der Waals surface area contributed by atoms with E-state index < -0.39 is 17.5 Å². The average molecular weight is 396 g/mol. The van der Waals surface area contributed by atoms with E-state index in [1.165, 1.54) is 29.8 Å². The number of hydrogen-bond donors (Lipinski definition) is 1. The fraction of sp³-hybridized carbons (Fsp3) is 0.238. The Hall–Kier alpha value is -2.82. The number of carbonyl (C=O) groups excluding carboxylic acids is 1. The van der Waals surface area contributed by atoms with Gasteiger partial charge in [0, 0.05) is 17.9 Å². The predicted molar refractivity (Wildman–Crippen MR) is 103 cm³/mol. The van der Waals surface area contributed by atoms with Crippen molar-refractivity contribution in [3.63, 3.8) is 0 Å². The Morgan fingerprint density at radius 1 is 1.32 bits per heavy atom. The van der Waals surface area contributed by atoms with Gasteiger partial charge in [0.1, 0.15) is 11.6 Å². The maximum atomic E-state index is 14.3. The van der Waals surface area contributed by atoms with Gasteiger partial charge in [0.15, 0.2) is 5.72 Å². The monoisotopic (exact) mass is 396 g/mol. The summed E-state index contributed by atoms with van der Waals surface area (Å²) in [7, 11) is 1.52. The van der Waals surface area contributed by atoms with Gasteiger partial charge in [-0.2, -0.15) is 5.26 Å². The Balaban J connectivity index is 1.82. The summed E-state index contributed by atoms with van der Waals surface area (Å²) in [6, 6.07) is 15.2. The number of benzene rings is 2. The average Bonchev–Trinajstić information content (AvgIpc) is 3.08. The van der Waals surface area contributed by atoms with Gasteiger partial charge < -0.3 is 9.84 Å². The number of allylic oxidation sites excluding steroid dienone is 1. The fourth-order valence-corrected chi connectivity index (χ4v) is 5.09. The Kier molecular flexibility index (Phi) is 4.61. The van der Waals surface area contributed by atoms with Gasteiger partial charge in [0.2, 0.25) is 5.91 Å². The Labute approximate surface area is 166 Å². The van der Waals surface area contributed by atoms with Crippen LogP contribution in [0.15, 0.2) is 59.1 Å². The van der Waals surface area contributed by atoms with E-state index >= 15 is 0 Å². The molecule has 0 bridgehead atoms. The smallest absolute Gasteiger partial charge is 0.231 e. The molecule has 2 atom stereocenters. The lowest BCUT2D eigenvalue weighted by Gasteiger charge is -2.38. The maximum absolute atomic E-state index is 14.3. The quantitative estimate of drug-likeness (QED) is 0.860. The number of halogens is 1. The number of carbonyl (C=O) groups is 1. The van der Waals surface area contributed by atoms with Crippen LogP contribution in [-0.4, -0.2) is 28.8 Å². The molecule has 0 spiro atoms. The van der Waals surface area contributed by atoms with Crippen LogP contribution >= 0.6 is 11.8 Å². The maximum Gasteiger partial charge on any atom is 0.231 e.